The summed E-state index contributed by atoms with van der Waals surface area (Å²) in [6.45, 7) is 8.90. The Labute approximate surface area is 155 Å². The standard InChI is InChI=1S/C20H28N4S/c1-4-22-20(23-13-11-18-10-12-21-14-16(18)2)24-15-17(3)25-19-8-6-5-7-9-19/h5-10,12,14,17H,4,11,13,15H2,1-3H3,(H2,22,23,24). The normalized spacial score (nSPS) is 12.7. The fourth-order valence-corrected chi connectivity index (χ4v) is 3.36. The van der Waals surface area contributed by atoms with Crippen molar-refractivity contribution in [1.82, 2.24) is 15.6 Å². The number of aromatic nitrogens is 1. The van der Waals surface area contributed by atoms with Crippen LogP contribution in [0.25, 0.3) is 0 Å². The molecular weight excluding hydrogens is 328 g/mol. The SMILES string of the molecule is CCNC(=NCC(C)Sc1ccccc1)NCCc1ccncc1C. The molecule has 1 unspecified atom stereocenters. The minimum absolute atomic E-state index is 0.431. The number of nitrogens with zero attached hydrogens (tertiary/aromatic N) is 2. The maximum atomic E-state index is 4.72. The van der Waals surface area contributed by atoms with Crippen LogP contribution in [0.3, 0.4) is 0 Å². The molecule has 2 rings (SSSR count). The monoisotopic (exact) mass is 356 g/mol. The molecule has 1 aromatic carbocycles. The maximum Gasteiger partial charge on any atom is 0.191 e. The summed E-state index contributed by atoms with van der Waals surface area (Å²) in [7, 11) is 0. The molecule has 4 nitrogen and oxygen atoms in total. The van der Waals surface area contributed by atoms with Crippen molar-refractivity contribution < 1.29 is 0 Å². The molecule has 2 aromatic rings. The van der Waals surface area contributed by atoms with Gasteiger partial charge in [-0.25, -0.2) is 0 Å². The van der Waals surface area contributed by atoms with Crippen molar-refractivity contribution in [3.63, 3.8) is 0 Å². The van der Waals surface area contributed by atoms with Crippen LogP contribution in [-0.4, -0.2) is 35.8 Å². The molecular formula is C20H28N4S. The molecule has 1 aromatic heterocycles. The summed E-state index contributed by atoms with van der Waals surface area (Å²) in [5, 5.41) is 7.18. The fourth-order valence-electron chi connectivity index (χ4n) is 2.43. The lowest BCUT2D eigenvalue weighted by Crippen LogP contribution is -2.38. The van der Waals surface area contributed by atoms with Crippen LogP contribution in [0.1, 0.15) is 25.0 Å². The van der Waals surface area contributed by atoms with E-state index >= 15 is 0 Å². The third-order valence-electron chi connectivity index (χ3n) is 3.75. The van der Waals surface area contributed by atoms with E-state index in [0.717, 1.165) is 32.0 Å². The summed E-state index contributed by atoms with van der Waals surface area (Å²) in [6, 6.07) is 12.6. The molecule has 25 heavy (non-hydrogen) atoms. The molecule has 0 spiro atoms. The first-order valence-electron chi connectivity index (χ1n) is 8.82. The Hall–Kier alpha value is -2.01. The van der Waals surface area contributed by atoms with Crippen LogP contribution in [0, 0.1) is 6.92 Å². The molecule has 0 aliphatic rings. The van der Waals surface area contributed by atoms with Gasteiger partial charge in [0, 0.05) is 35.6 Å². The molecule has 0 aliphatic heterocycles. The lowest BCUT2D eigenvalue weighted by molar-refractivity contribution is 0.793. The van der Waals surface area contributed by atoms with Crippen LogP contribution < -0.4 is 10.6 Å². The number of rotatable bonds is 8. The van der Waals surface area contributed by atoms with Crippen molar-refractivity contribution in [3.05, 3.63) is 59.9 Å². The van der Waals surface area contributed by atoms with E-state index in [1.54, 1.807) is 0 Å². The number of pyridine rings is 1. The first-order valence-corrected chi connectivity index (χ1v) is 9.70. The van der Waals surface area contributed by atoms with Gasteiger partial charge in [0.1, 0.15) is 0 Å². The van der Waals surface area contributed by atoms with Crippen LogP contribution in [0.4, 0.5) is 0 Å². The van der Waals surface area contributed by atoms with E-state index in [1.807, 2.05) is 30.2 Å². The second kappa shape index (κ2) is 10.8. The van der Waals surface area contributed by atoms with Gasteiger partial charge in [-0.2, -0.15) is 0 Å². The van der Waals surface area contributed by atoms with Crippen molar-refractivity contribution in [2.24, 2.45) is 4.99 Å². The minimum Gasteiger partial charge on any atom is -0.357 e. The molecule has 0 radical (unpaired) electrons. The van der Waals surface area contributed by atoms with Crippen LogP contribution in [0.2, 0.25) is 0 Å². The fraction of sp³-hybridized carbons (Fsp3) is 0.400. The first kappa shape index (κ1) is 19.3. The quantitative estimate of drug-likeness (QED) is 0.430. The van der Waals surface area contributed by atoms with Gasteiger partial charge in [0.2, 0.25) is 0 Å². The highest BCUT2D eigenvalue weighted by Gasteiger charge is 2.05. The topological polar surface area (TPSA) is 49.3 Å². The predicted octanol–water partition coefficient (Wildman–Crippen LogP) is 3.67. The molecule has 0 amide bonds. The Morgan fingerprint density at radius 2 is 2.00 bits per heavy atom. The lowest BCUT2D eigenvalue weighted by Gasteiger charge is -2.14. The number of hydrogen-bond acceptors (Lipinski definition) is 3. The van der Waals surface area contributed by atoms with Crippen molar-refractivity contribution in [1.29, 1.82) is 0 Å². The molecule has 5 heteroatoms. The van der Waals surface area contributed by atoms with E-state index in [0.29, 0.717) is 5.25 Å². The Balaban J connectivity index is 1.82. The Kier molecular flexibility index (Phi) is 8.32. The number of nitrogens with one attached hydrogen (secondary N) is 2. The summed E-state index contributed by atoms with van der Waals surface area (Å²) >= 11 is 1.86. The minimum atomic E-state index is 0.431. The molecule has 0 fully saturated rings. The van der Waals surface area contributed by atoms with Crippen molar-refractivity contribution in [2.45, 2.75) is 37.3 Å². The average Bonchev–Trinajstić information content (AvgIpc) is 2.62. The first-order chi connectivity index (χ1) is 12.2. The number of aliphatic imine (C=N–C) groups is 1. The molecule has 0 bridgehead atoms. The van der Waals surface area contributed by atoms with Gasteiger partial charge in [-0.15, -0.1) is 11.8 Å². The highest BCUT2D eigenvalue weighted by Crippen LogP contribution is 2.22. The zero-order valence-corrected chi connectivity index (χ0v) is 16.1. The molecule has 134 valence electrons. The molecule has 0 aliphatic carbocycles. The summed E-state index contributed by atoms with van der Waals surface area (Å²) in [6.07, 6.45) is 4.73. The Bertz CT molecular complexity index is 658. The number of guanidine groups is 1. The van der Waals surface area contributed by atoms with E-state index in [2.05, 4.69) is 66.7 Å². The van der Waals surface area contributed by atoms with Crippen molar-refractivity contribution in [2.75, 3.05) is 19.6 Å². The van der Waals surface area contributed by atoms with E-state index in [-0.39, 0.29) is 0 Å². The zero-order valence-electron chi connectivity index (χ0n) is 15.3. The van der Waals surface area contributed by atoms with Gasteiger partial charge in [0.25, 0.3) is 0 Å². The number of hydrogen-bond donors (Lipinski definition) is 2. The summed E-state index contributed by atoms with van der Waals surface area (Å²) < 4.78 is 0. The molecule has 0 saturated heterocycles. The van der Waals surface area contributed by atoms with E-state index < -0.39 is 0 Å². The summed E-state index contributed by atoms with van der Waals surface area (Å²) in [4.78, 5) is 10.2. The van der Waals surface area contributed by atoms with Gasteiger partial charge in [0.15, 0.2) is 5.96 Å². The molecule has 0 saturated carbocycles. The third-order valence-corrected chi connectivity index (χ3v) is 4.85. The van der Waals surface area contributed by atoms with E-state index in [1.165, 1.54) is 16.0 Å². The van der Waals surface area contributed by atoms with Gasteiger partial charge in [0.05, 0.1) is 6.54 Å². The smallest absolute Gasteiger partial charge is 0.191 e. The third kappa shape index (κ3) is 7.18. The molecule has 1 atom stereocenters. The Morgan fingerprint density at radius 1 is 1.20 bits per heavy atom. The van der Waals surface area contributed by atoms with Gasteiger partial charge in [-0.3, -0.25) is 9.98 Å². The number of benzene rings is 1. The van der Waals surface area contributed by atoms with Gasteiger partial charge >= 0.3 is 0 Å². The van der Waals surface area contributed by atoms with Crippen LogP contribution in [-0.2, 0) is 6.42 Å². The number of thioether (sulfide) groups is 1. The lowest BCUT2D eigenvalue weighted by atomic mass is 10.1. The number of aryl methyl sites for hydroxylation is 1. The highest BCUT2D eigenvalue weighted by molar-refractivity contribution is 8.00. The second-order valence-electron chi connectivity index (χ2n) is 5.94. The van der Waals surface area contributed by atoms with Crippen LogP contribution in [0.15, 0.2) is 58.7 Å². The van der Waals surface area contributed by atoms with Crippen molar-refractivity contribution >= 4 is 17.7 Å². The van der Waals surface area contributed by atoms with Crippen LogP contribution >= 0.6 is 11.8 Å². The van der Waals surface area contributed by atoms with Gasteiger partial charge < -0.3 is 10.6 Å². The average molecular weight is 357 g/mol. The highest BCUT2D eigenvalue weighted by atomic mass is 32.2. The van der Waals surface area contributed by atoms with Gasteiger partial charge in [-0.1, -0.05) is 25.1 Å². The predicted molar refractivity (Wildman–Crippen MR) is 108 cm³/mol. The summed E-state index contributed by atoms with van der Waals surface area (Å²) in [5.41, 5.74) is 2.56. The molecule has 1 heterocycles. The Morgan fingerprint density at radius 3 is 2.72 bits per heavy atom. The van der Waals surface area contributed by atoms with Gasteiger partial charge in [-0.05, 0) is 49.6 Å². The van der Waals surface area contributed by atoms with E-state index in [4.69, 9.17) is 4.99 Å². The van der Waals surface area contributed by atoms with Crippen LogP contribution in [0.5, 0.6) is 0 Å². The van der Waals surface area contributed by atoms with E-state index in [9.17, 15) is 0 Å². The largest absolute Gasteiger partial charge is 0.357 e. The molecule has 2 N–H and O–H groups in total. The second-order valence-corrected chi connectivity index (χ2v) is 7.45. The van der Waals surface area contributed by atoms with Crippen molar-refractivity contribution in [3.8, 4) is 0 Å². The maximum absolute atomic E-state index is 4.72. The zero-order chi connectivity index (χ0) is 17.9. The summed E-state index contributed by atoms with van der Waals surface area (Å²) in [5.74, 6) is 0.884.